The Morgan fingerprint density at radius 1 is 1.24 bits per heavy atom. The van der Waals surface area contributed by atoms with E-state index < -0.39 is 5.56 Å². The van der Waals surface area contributed by atoms with Gasteiger partial charge in [0.05, 0.1) is 12.7 Å². The molecule has 0 radical (unpaired) electrons. The second kappa shape index (κ2) is 5.21. The van der Waals surface area contributed by atoms with Crippen molar-refractivity contribution in [2.75, 3.05) is 7.11 Å². The van der Waals surface area contributed by atoms with Crippen LogP contribution in [0, 0.1) is 0 Å². The molecule has 0 bridgehead atoms. The smallest absolute Gasteiger partial charge is 0.269 e. The first kappa shape index (κ1) is 13.6. The first-order valence-corrected chi connectivity index (χ1v) is 6.96. The van der Waals surface area contributed by atoms with Crippen molar-refractivity contribution in [1.82, 2.24) is 9.97 Å². The van der Waals surface area contributed by atoms with Crippen LogP contribution in [-0.4, -0.2) is 22.2 Å². The molecule has 0 fully saturated rings. The van der Waals surface area contributed by atoms with Crippen LogP contribution in [0.5, 0.6) is 11.6 Å². The highest BCUT2D eigenvalue weighted by molar-refractivity contribution is 9.10. The Morgan fingerprint density at radius 3 is 2.71 bits per heavy atom. The summed E-state index contributed by atoms with van der Waals surface area (Å²) < 4.78 is 5.37. The average molecular weight is 347 g/mol. The molecule has 3 rings (SSSR count). The summed E-state index contributed by atoms with van der Waals surface area (Å²) >= 11 is 2.98. The van der Waals surface area contributed by atoms with E-state index in [-0.39, 0.29) is 16.2 Å². The van der Waals surface area contributed by atoms with Crippen LogP contribution in [0.2, 0.25) is 0 Å². The van der Waals surface area contributed by atoms with Crippen LogP contribution in [0.4, 0.5) is 0 Å². The van der Waals surface area contributed by atoms with E-state index in [1.807, 2.05) is 30.3 Å². The van der Waals surface area contributed by atoms with E-state index in [0.29, 0.717) is 11.3 Å². The molecule has 0 aliphatic carbocycles. The summed E-state index contributed by atoms with van der Waals surface area (Å²) in [6.45, 7) is 0. The van der Waals surface area contributed by atoms with Gasteiger partial charge in [-0.2, -0.15) is 4.98 Å². The van der Waals surface area contributed by atoms with Crippen molar-refractivity contribution in [3.05, 3.63) is 51.2 Å². The molecule has 21 heavy (non-hydrogen) atoms. The number of aromatic hydroxyl groups is 1. The van der Waals surface area contributed by atoms with Crippen molar-refractivity contribution in [1.29, 1.82) is 0 Å². The molecule has 0 aliphatic heterocycles. The fourth-order valence-corrected chi connectivity index (χ4v) is 2.42. The lowest BCUT2D eigenvalue weighted by atomic mass is 10.0. The Hall–Kier alpha value is -2.34. The standard InChI is InChI=1S/C15H11BrN2O3/c1-21-10-7-6-8-4-2-3-5-9(8)11(10)13-17-14(19)12(16)15(20)18-13/h2-7H,1H3,(H2,17,18,19,20). The van der Waals surface area contributed by atoms with Crippen molar-refractivity contribution >= 4 is 26.7 Å². The van der Waals surface area contributed by atoms with E-state index >= 15 is 0 Å². The Labute approximate surface area is 128 Å². The number of nitrogens with one attached hydrogen (secondary N) is 1. The first-order chi connectivity index (χ1) is 10.1. The number of hydrogen-bond acceptors (Lipinski definition) is 4. The van der Waals surface area contributed by atoms with Gasteiger partial charge in [-0.15, -0.1) is 0 Å². The number of rotatable bonds is 2. The van der Waals surface area contributed by atoms with Crippen LogP contribution in [0.25, 0.3) is 22.2 Å². The zero-order valence-corrected chi connectivity index (χ0v) is 12.6. The van der Waals surface area contributed by atoms with E-state index in [0.717, 1.165) is 10.8 Å². The quantitative estimate of drug-likeness (QED) is 0.747. The molecule has 2 aromatic carbocycles. The molecule has 6 heteroatoms. The molecule has 5 nitrogen and oxygen atoms in total. The maximum atomic E-state index is 11.8. The second-order valence-electron chi connectivity index (χ2n) is 4.42. The molecule has 2 N–H and O–H groups in total. The second-order valence-corrected chi connectivity index (χ2v) is 5.21. The summed E-state index contributed by atoms with van der Waals surface area (Å²) in [5, 5.41) is 11.6. The van der Waals surface area contributed by atoms with Crippen molar-refractivity contribution in [2.24, 2.45) is 0 Å². The number of benzene rings is 2. The Balaban J connectivity index is 2.41. The molecule has 0 saturated heterocycles. The molecule has 106 valence electrons. The number of hydrogen-bond donors (Lipinski definition) is 2. The van der Waals surface area contributed by atoms with Crippen LogP contribution in [0.3, 0.4) is 0 Å². The summed E-state index contributed by atoms with van der Waals surface area (Å²) in [5.74, 6) is 0.469. The van der Waals surface area contributed by atoms with Crippen molar-refractivity contribution in [3.8, 4) is 23.0 Å². The molecule has 1 aromatic heterocycles. The van der Waals surface area contributed by atoms with E-state index in [1.165, 1.54) is 0 Å². The van der Waals surface area contributed by atoms with Gasteiger partial charge in [-0.3, -0.25) is 4.79 Å². The zero-order valence-electron chi connectivity index (χ0n) is 11.1. The minimum atomic E-state index is -0.451. The molecule has 0 amide bonds. The largest absolute Gasteiger partial charge is 0.496 e. The normalized spacial score (nSPS) is 10.8. The summed E-state index contributed by atoms with van der Waals surface area (Å²) in [6, 6.07) is 11.4. The molecule has 0 atom stereocenters. The predicted octanol–water partition coefficient (Wildman–Crippen LogP) is 3.07. The fourth-order valence-electron chi connectivity index (χ4n) is 2.23. The number of ether oxygens (including phenoxy) is 1. The lowest BCUT2D eigenvalue weighted by Crippen LogP contribution is -2.10. The van der Waals surface area contributed by atoms with E-state index in [2.05, 4.69) is 25.9 Å². The van der Waals surface area contributed by atoms with Gasteiger partial charge in [-0.25, -0.2) is 0 Å². The third-order valence-electron chi connectivity index (χ3n) is 3.19. The van der Waals surface area contributed by atoms with Gasteiger partial charge in [0, 0.05) is 0 Å². The highest BCUT2D eigenvalue weighted by atomic mass is 79.9. The van der Waals surface area contributed by atoms with Crippen LogP contribution in [-0.2, 0) is 0 Å². The van der Waals surface area contributed by atoms with Crippen molar-refractivity contribution < 1.29 is 9.84 Å². The summed E-state index contributed by atoms with van der Waals surface area (Å²) in [5.41, 5.74) is 0.183. The third-order valence-corrected chi connectivity index (χ3v) is 3.91. The molecular formula is C15H11BrN2O3. The van der Waals surface area contributed by atoms with E-state index in [4.69, 9.17) is 4.74 Å². The van der Waals surface area contributed by atoms with Gasteiger partial charge in [0.15, 0.2) is 0 Å². The van der Waals surface area contributed by atoms with Crippen LogP contribution >= 0.6 is 15.9 Å². The number of nitrogens with zero attached hydrogens (tertiary/aromatic N) is 1. The topological polar surface area (TPSA) is 75.2 Å². The minimum absolute atomic E-state index is 0.00505. The lowest BCUT2D eigenvalue weighted by molar-refractivity contribution is 0.416. The third kappa shape index (κ3) is 2.27. The summed E-state index contributed by atoms with van der Waals surface area (Å²) in [6.07, 6.45) is 0. The van der Waals surface area contributed by atoms with Gasteiger partial charge in [-0.1, -0.05) is 30.3 Å². The molecule has 0 saturated carbocycles. The molecular weight excluding hydrogens is 336 g/mol. The van der Waals surface area contributed by atoms with Gasteiger partial charge in [0.1, 0.15) is 16.0 Å². The van der Waals surface area contributed by atoms with E-state index in [9.17, 15) is 9.90 Å². The Morgan fingerprint density at radius 2 is 2.00 bits per heavy atom. The van der Waals surface area contributed by atoms with Gasteiger partial charge in [0.25, 0.3) is 5.56 Å². The van der Waals surface area contributed by atoms with Crippen LogP contribution in [0.1, 0.15) is 0 Å². The fraction of sp³-hybridized carbons (Fsp3) is 0.0667. The van der Waals surface area contributed by atoms with Crippen LogP contribution < -0.4 is 10.3 Å². The maximum Gasteiger partial charge on any atom is 0.269 e. The number of H-pyrrole nitrogens is 1. The molecule has 0 unspecified atom stereocenters. The maximum absolute atomic E-state index is 11.8. The Bertz CT molecular complexity index is 890. The number of halogens is 1. The van der Waals surface area contributed by atoms with Gasteiger partial charge in [0.2, 0.25) is 5.88 Å². The molecule has 1 heterocycles. The number of aromatic amines is 1. The first-order valence-electron chi connectivity index (χ1n) is 6.16. The minimum Gasteiger partial charge on any atom is -0.496 e. The summed E-state index contributed by atoms with van der Waals surface area (Å²) in [7, 11) is 1.55. The number of methoxy groups -OCH3 is 1. The predicted molar refractivity (Wildman–Crippen MR) is 83.7 cm³/mol. The highest BCUT2D eigenvalue weighted by Crippen LogP contribution is 2.35. The van der Waals surface area contributed by atoms with Gasteiger partial charge in [-0.05, 0) is 32.8 Å². The Kier molecular flexibility index (Phi) is 3.39. The summed E-state index contributed by atoms with van der Waals surface area (Å²) in [4.78, 5) is 18.5. The zero-order chi connectivity index (χ0) is 15.0. The van der Waals surface area contributed by atoms with Crippen molar-refractivity contribution in [2.45, 2.75) is 0 Å². The van der Waals surface area contributed by atoms with E-state index in [1.54, 1.807) is 13.2 Å². The molecule has 0 spiro atoms. The lowest BCUT2D eigenvalue weighted by Gasteiger charge is -2.11. The number of aromatic nitrogens is 2. The van der Waals surface area contributed by atoms with Gasteiger partial charge >= 0.3 is 0 Å². The van der Waals surface area contributed by atoms with Gasteiger partial charge < -0.3 is 14.8 Å². The molecule has 3 aromatic rings. The number of fused-ring (bicyclic) bond motifs is 1. The SMILES string of the molecule is COc1ccc2ccccc2c1-c1nc(O)c(Br)c(=O)[nH]1. The highest BCUT2D eigenvalue weighted by Gasteiger charge is 2.15. The average Bonchev–Trinajstić information content (AvgIpc) is 2.51. The van der Waals surface area contributed by atoms with Crippen LogP contribution in [0.15, 0.2) is 45.7 Å². The monoisotopic (exact) mass is 346 g/mol. The molecule has 0 aliphatic rings. The van der Waals surface area contributed by atoms with Crippen molar-refractivity contribution in [3.63, 3.8) is 0 Å².